The van der Waals surface area contributed by atoms with Crippen LogP contribution in [-0.4, -0.2) is 14.7 Å². The molecule has 0 aromatic rings. The van der Waals surface area contributed by atoms with Gasteiger partial charge in [-0.05, 0) is 0 Å². The van der Waals surface area contributed by atoms with Gasteiger partial charge < -0.3 is 14.7 Å². The van der Waals surface area contributed by atoms with Crippen LogP contribution in [0.2, 0.25) is 0 Å². The Morgan fingerprint density at radius 3 is 1.14 bits per heavy atom. The monoisotopic (exact) mass is 372 g/mol. The molecular formula is H3O4PWZr. The first-order chi connectivity index (χ1) is 2.00. The average molecular weight is 373 g/mol. The Labute approximate surface area is 73.9 Å². The molecule has 7 heavy (non-hydrogen) atoms. The van der Waals surface area contributed by atoms with Crippen molar-refractivity contribution in [3.05, 3.63) is 0 Å². The van der Waals surface area contributed by atoms with Crippen molar-refractivity contribution in [1.29, 1.82) is 0 Å². The fourth-order valence-electron chi connectivity index (χ4n) is 0. The fourth-order valence-corrected chi connectivity index (χ4v) is 0. The van der Waals surface area contributed by atoms with Crippen LogP contribution in [0.4, 0.5) is 0 Å². The molecule has 0 aliphatic rings. The molecule has 0 saturated heterocycles. The first-order valence-electron chi connectivity index (χ1n) is 0.783. The molecule has 0 atom stereocenters. The molecule has 0 bridgehead atoms. The number of phosphoric acid groups is 1. The molecule has 0 radical (unpaired) electrons. The molecule has 4 nitrogen and oxygen atoms in total. The van der Waals surface area contributed by atoms with Crippen molar-refractivity contribution in [2.45, 2.75) is 0 Å². The fraction of sp³-hybridized carbons (Fsp3) is 0. The maximum absolute atomic E-state index is 8.88. The quantitative estimate of drug-likeness (QED) is 0.480. The smallest absolute Gasteiger partial charge is 0.303 e. The molecular weight excluding hydrogens is 370 g/mol. The van der Waals surface area contributed by atoms with Crippen molar-refractivity contribution in [3.63, 3.8) is 0 Å². The standard InChI is InChI=1S/H3O4P.W.Zr/c1-5(2,3)4;;/h(H3,1,2,3,4);;. The van der Waals surface area contributed by atoms with Crippen molar-refractivity contribution >= 4 is 7.82 Å². The molecule has 7 heteroatoms. The van der Waals surface area contributed by atoms with E-state index in [1.165, 1.54) is 0 Å². The van der Waals surface area contributed by atoms with E-state index in [9.17, 15) is 0 Å². The van der Waals surface area contributed by atoms with Crippen LogP contribution in [-0.2, 0) is 51.8 Å². The summed E-state index contributed by atoms with van der Waals surface area (Å²) in [4.78, 5) is 21.6. The minimum atomic E-state index is -4.64. The minimum absolute atomic E-state index is 0. The van der Waals surface area contributed by atoms with Gasteiger partial charge in [0.05, 0.1) is 0 Å². The van der Waals surface area contributed by atoms with Crippen LogP contribution < -0.4 is 0 Å². The van der Waals surface area contributed by atoms with Gasteiger partial charge in [0, 0.05) is 47.3 Å². The van der Waals surface area contributed by atoms with Crippen molar-refractivity contribution in [2.24, 2.45) is 0 Å². The third-order valence-corrected chi connectivity index (χ3v) is 0. The van der Waals surface area contributed by atoms with E-state index in [-0.39, 0.29) is 47.3 Å². The zero-order chi connectivity index (χ0) is 4.50. The summed E-state index contributed by atoms with van der Waals surface area (Å²) in [5.74, 6) is 0. The summed E-state index contributed by atoms with van der Waals surface area (Å²) < 4.78 is 8.88. The van der Waals surface area contributed by atoms with Crippen molar-refractivity contribution < 1.29 is 66.5 Å². The van der Waals surface area contributed by atoms with Gasteiger partial charge in [-0.1, -0.05) is 0 Å². The predicted molar refractivity (Wildman–Crippen MR) is 14.3 cm³/mol. The van der Waals surface area contributed by atoms with Crippen LogP contribution in [0.15, 0.2) is 0 Å². The molecule has 3 N–H and O–H groups in total. The first-order valence-corrected chi connectivity index (χ1v) is 2.35. The van der Waals surface area contributed by atoms with Crippen LogP contribution in [0.3, 0.4) is 0 Å². The molecule has 0 spiro atoms. The van der Waals surface area contributed by atoms with Crippen LogP contribution in [0.25, 0.3) is 0 Å². The molecule has 0 rings (SSSR count). The molecule has 0 heterocycles. The first kappa shape index (κ1) is 15.9. The zero-order valence-corrected chi connectivity index (χ0v) is 9.39. The number of hydrogen-bond acceptors (Lipinski definition) is 1. The summed E-state index contributed by atoms with van der Waals surface area (Å²) in [6.07, 6.45) is 0. The van der Waals surface area contributed by atoms with E-state index >= 15 is 0 Å². The zero-order valence-electron chi connectivity index (χ0n) is 3.11. The summed E-state index contributed by atoms with van der Waals surface area (Å²) in [5.41, 5.74) is 0. The summed E-state index contributed by atoms with van der Waals surface area (Å²) in [7, 11) is -4.64. The molecule has 0 fully saturated rings. The molecule has 0 aromatic carbocycles. The molecule has 0 saturated carbocycles. The molecule has 0 unspecified atom stereocenters. The summed E-state index contributed by atoms with van der Waals surface area (Å²) in [6, 6.07) is 0. The van der Waals surface area contributed by atoms with Gasteiger partial charge in [-0.2, -0.15) is 0 Å². The molecule has 0 aliphatic carbocycles. The van der Waals surface area contributed by atoms with E-state index in [0.29, 0.717) is 0 Å². The number of hydrogen-bond donors (Lipinski definition) is 3. The SMILES string of the molecule is O=P(O)(O)O.[W].[Zr]. The Morgan fingerprint density at radius 1 is 1.14 bits per heavy atom. The minimum Gasteiger partial charge on any atom is -0.303 e. The Bertz CT molecular complexity index is 57.8. The van der Waals surface area contributed by atoms with Gasteiger partial charge in [-0.25, -0.2) is 4.57 Å². The van der Waals surface area contributed by atoms with Crippen LogP contribution in [0.5, 0.6) is 0 Å². The maximum Gasteiger partial charge on any atom is 0.466 e. The van der Waals surface area contributed by atoms with Gasteiger partial charge >= 0.3 is 7.82 Å². The summed E-state index contributed by atoms with van der Waals surface area (Å²) >= 11 is 0. The number of rotatable bonds is 0. The van der Waals surface area contributed by atoms with Gasteiger partial charge in [0.25, 0.3) is 0 Å². The molecule has 0 amide bonds. The third-order valence-electron chi connectivity index (χ3n) is 0. The molecule has 0 aliphatic heterocycles. The molecule has 0 aromatic heterocycles. The average Bonchev–Trinajstić information content (AvgIpc) is 0.722. The van der Waals surface area contributed by atoms with Crippen molar-refractivity contribution in [1.82, 2.24) is 0 Å². The Balaban J connectivity index is -0.0000000800. The van der Waals surface area contributed by atoms with Crippen molar-refractivity contribution in [2.75, 3.05) is 0 Å². The predicted octanol–water partition coefficient (Wildman–Crippen LogP) is -0.934. The van der Waals surface area contributed by atoms with Gasteiger partial charge in [0.15, 0.2) is 0 Å². The Morgan fingerprint density at radius 2 is 1.14 bits per heavy atom. The van der Waals surface area contributed by atoms with E-state index in [2.05, 4.69) is 0 Å². The second kappa shape index (κ2) is 5.81. The van der Waals surface area contributed by atoms with E-state index in [0.717, 1.165) is 0 Å². The van der Waals surface area contributed by atoms with Gasteiger partial charge in [-0.15, -0.1) is 0 Å². The molecule has 42 valence electrons. The third kappa shape index (κ3) is 87.7. The van der Waals surface area contributed by atoms with Crippen LogP contribution in [0, 0.1) is 0 Å². The maximum atomic E-state index is 8.88. The van der Waals surface area contributed by atoms with Gasteiger partial charge in [0.2, 0.25) is 0 Å². The topological polar surface area (TPSA) is 77.8 Å². The van der Waals surface area contributed by atoms with E-state index < -0.39 is 7.82 Å². The Kier molecular flexibility index (Phi) is 13.2. The summed E-state index contributed by atoms with van der Waals surface area (Å²) in [6.45, 7) is 0. The van der Waals surface area contributed by atoms with Crippen LogP contribution >= 0.6 is 7.82 Å². The van der Waals surface area contributed by atoms with E-state index in [4.69, 9.17) is 19.2 Å². The van der Waals surface area contributed by atoms with Gasteiger partial charge in [0.1, 0.15) is 0 Å². The largest absolute Gasteiger partial charge is 0.466 e. The van der Waals surface area contributed by atoms with Gasteiger partial charge in [-0.3, -0.25) is 0 Å². The summed E-state index contributed by atoms with van der Waals surface area (Å²) in [5, 5.41) is 0. The normalized spacial score (nSPS) is 8.43. The van der Waals surface area contributed by atoms with Crippen molar-refractivity contribution in [3.8, 4) is 0 Å². The van der Waals surface area contributed by atoms with E-state index in [1.807, 2.05) is 0 Å². The second-order valence-electron chi connectivity index (χ2n) is 0.513. The van der Waals surface area contributed by atoms with E-state index in [1.54, 1.807) is 0 Å². The Hall–Kier alpha value is 1.68. The van der Waals surface area contributed by atoms with Crippen LogP contribution in [0.1, 0.15) is 0 Å². The second-order valence-corrected chi connectivity index (χ2v) is 1.54.